The number of carbonyl (C=O) groups excluding carboxylic acids is 1. The second-order valence-corrected chi connectivity index (χ2v) is 7.89. The Morgan fingerprint density at radius 1 is 1.06 bits per heavy atom. The first-order chi connectivity index (χ1) is 16.5. The maximum Gasteiger partial charge on any atom is 0.333 e. The third-order valence-electron chi connectivity index (χ3n) is 5.51. The van der Waals surface area contributed by atoms with Crippen molar-refractivity contribution in [1.29, 1.82) is 0 Å². The van der Waals surface area contributed by atoms with Crippen LogP contribution in [0.15, 0.2) is 70.6 Å². The Morgan fingerprint density at radius 3 is 2.53 bits per heavy atom. The van der Waals surface area contributed by atoms with Crippen molar-refractivity contribution in [2.24, 2.45) is 0 Å². The van der Waals surface area contributed by atoms with Gasteiger partial charge in [0, 0.05) is 19.9 Å². The van der Waals surface area contributed by atoms with E-state index in [9.17, 15) is 14.4 Å². The van der Waals surface area contributed by atoms with Gasteiger partial charge in [-0.2, -0.15) is 0 Å². The summed E-state index contributed by atoms with van der Waals surface area (Å²) < 4.78 is 9.16. The average Bonchev–Trinajstić information content (AvgIpc) is 3.28. The first-order valence-corrected chi connectivity index (χ1v) is 10.9. The fourth-order valence-corrected chi connectivity index (χ4v) is 3.78. The van der Waals surface area contributed by atoms with Gasteiger partial charge < -0.3 is 14.6 Å². The Balaban J connectivity index is 1.73. The zero-order chi connectivity index (χ0) is 24.1. The SMILES string of the molecule is COCCn1cnc2c1c(=O)n(CC(=O)NC(C)c1ccccn1)c(=O)n2Cc1ccccc1. The smallest absolute Gasteiger partial charge is 0.333 e. The van der Waals surface area contributed by atoms with Gasteiger partial charge in [-0.15, -0.1) is 0 Å². The van der Waals surface area contributed by atoms with E-state index in [1.807, 2.05) is 36.4 Å². The number of imidazole rings is 1. The van der Waals surface area contributed by atoms with Crippen LogP contribution in [0, 0.1) is 0 Å². The van der Waals surface area contributed by atoms with E-state index in [2.05, 4.69) is 15.3 Å². The van der Waals surface area contributed by atoms with E-state index < -0.39 is 23.7 Å². The second-order valence-electron chi connectivity index (χ2n) is 7.89. The zero-order valence-electron chi connectivity index (χ0n) is 19.0. The summed E-state index contributed by atoms with van der Waals surface area (Å²) in [5.74, 6) is -0.467. The second kappa shape index (κ2) is 10.3. The van der Waals surface area contributed by atoms with E-state index >= 15 is 0 Å². The summed E-state index contributed by atoms with van der Waals surface area (Å²) in [6, 6.07) is 14.4. The van der Waals surface area contributed by atoms with Crippen molar-refractivity contribution in [2.45, 2.75) is 32.6 Å². The molecule has 1 aromatic carbocycles. The quantitative estimate of drug-likeness (QED) is 0.402. The molecule has 4 aromatic rings. The van der Waals surface area contributed by atoms with Crippen molar-refractivity contribution < 1.29 is 9.53 Å². The number of pyridine rings is 1. The molecule has 1 N–H and O–H groups in total. The summed E-state index contributed by atoms with van der Waals surface area (Å²) in [4.78, 5) is 48.1. The summed E-state index contributed by atoms with van der Waals surface area (Å²) >= 11 is 0. The minimum Gasteiger partial charge on any atom is -0.383 e. The fraction of sp³-hybridized carbons (Fsp3) is 0.292. The molecular formula is C24H26N6O4. The maximum atomic E-state index is 13.4. The molecule has 0 aliphatic carbocycles. The lowest BCUT2D eigenvalue weighted by atomic mass is 10.2. The van der Waals surface area contributed by atoms with Crippen molar-refractivity contribution in [1.82, 2.24) is 29.0 Å². The molecule has 10 nitrogen and oxygen atoms in total. The van der Waals surface area contributed by atoms with Gasteiger partial charge in [0.2, 0.25) is 5.91 Å². The van der Waals surface area contributed by atoms with Gasteiger partial charge in [0.05, 0.1) is 31.2 Å². The van der Waals surface area contributed by atoms with Crippen molar-refractivity contribution >= 4 is 17.1 Å². The molecule has 10 heteroatoms. The number of hydrogen-bond acceptors (Lipinski definition) is 6. The summed E-state index contributed by atoms with van der Waals surface area (Å²) in [7, 11) is 1.57. The number of hydrogen-bond donors (Lipinski definition) is 1. The molecular weight excluding hydrogens is 436 g/mol. The molecule has 0 aliphatic heterocycles. The summed E-state index contributed by atoms with van der Waals surface area (Å²) in [6.07, 6.45) is 3.15. The van der Waals surface area contributed by atoms with E-state index in [4.69, 9.17) is 4.74 Å². The van der Waals surface area contributed by atoms with E-state index in [0.29, 0.717) is 18.8 Å². The molecule has 3 aromatic heterocycles. The molecule has 0 aliphatic rings. The van der Waals surface area contributed by atoms with E-state index in [-0.39, 0.29) is 23.8 Å². The third-order valence-corrected chi connectivity index (χ3v) is 5.51. The number of rotatable bonds is 9. The number of methoxy groups -OCH3 is 1. The highest BCUT2D eigenvalue weighted by Gasteiger charge is 2.21. The highest BCUT2D eigenvalue weighted by atomic mass is 16.5. The lowest BCUT2D eigenvalue weighted by Crippen LogP contribution is -2.44. The Bertz CT molecular complexity index is 1390. The van der Waals surface area contributed by atoms with Crippen LogP contribution in [-0.4, -0.2) is 43.3 Å². The summed E-state index contributed by atoms with van der Waals surface area (Å²) in [5.41, 5.74) is 0.901. The minimum atomic E-state index is -0.598. The Kier molecular flexibility index (Phi) is 6.98. The van der Waals surface area contributed by atoms with Crippen LogP contribution >= 0.6 is 0 Å². The van der Waals surface area contributed by atoms with E-state index in [0.717, 1.165) is 10.1 Å². The summed E-state index contributed by atoms with van der Waals surface area (Å²) in [5, 5.41) is 2.81. The van der Waals surface area contributed by atoms with Gasteiger partial charge >= 0.3 is 5.69 Å². The summed E-state index contributed by atoms with van der Waals surface area (Å²) in [6.45, 7) is 2.33. The number of benzene rings is 1. The average molecular weight is 463 g/mol. The largest absolute Gasteiger partial charge is 0.383 e. The predicted octanol–water partition coefficient (Wildman–Crippen LogP) is 1.33. The van der Waals surface area contributed by atoms with Crippen LogP contribution in [0.5, 0.6) is 0 Å². The van der Waals surface area contributed by atoms with Gasteiger partial charge in [0.15, 0.2) is 11.2 Å². The van der Waals surface area contributed by atoms with E-state index in [1.54, 1.807) is 36.9 Å². The Hall–Kier alpha value is -4.05. The molecule has 0 saturated heterocycles. The van der Waals surface area contributed by atoms with Gasteiger partial charge in [-0.1, -0.05) is 36.4 Å². The Labute approximate surface area is 195 Å². The fourth-order valence-electron chi connectivity index (χ4n) is 3.78. The molecule has 176 valence electrons. The van der Waals surface area contributed by atoms with Crippen LogP contribution in [0.1, 0.15) is 24.2 Å². The molecule has 1 atom stereocenters. The topological polar surface area (TPSA) is 113 Å². The lowest BCUT2D eigenvalue weighted by Gasteiger charge is -2.15. The molecule has 0 radical (unpaired) electrons. The number of nitrogens with zero attached hydrogens (tertiary/aromatic N) is 5. The van der Waals surface area contributed by atoms with Crippen LogP contribution in [0.25, 0.3) is 11.2 Å². The van der Waals surface area contributed by atoms with Crippen LogP contribution in [0.2, 0.25) is 0 Å². The molecule has 1 amide bonds. The van der Waals surface area contributed by atoms with Crippen molar-refractivity contribution in [3.8, 4) is 0 Å². The molecule has 1 unspecified atom stereocenters. The van der Waals surface area contributed by atoms with Gasteiger partial charge in [-0.25, -0.2) is 14.3 Å². The van der Waals surface area contributed by atoms with Gasteiger partial charge in [-0.05, 0) is 24.6 Å². The minimum absolute atomic E-state index is 0.212. The molecule has 0 saturated carbocycles. The highest BCUT2D eigenvalue weighted by Crippen LogP contribution is 2.11. The number of carbonyl (C=O) groups is 1. The monoisotopic (exact) mass is 462 g/mol. The zero-order valence-corrected chi connectivity index (χ0v) is 19.0. The van der Waals surface area contributed by atoms with Crippen LogP contribution in [0.3, 0.4) is 0 Å². The molecule has 4 rings (SSSR count). The molecule has 3 heterocycles. The van der Waals surface area contributed by atoms with Crippen LogP contribution in [0.4, 0.5) is 0 Å². The van der Waals surface area contributed by atoms with Crippen LogP contribution < -0.4 is 16.6 Å². The normalized spacial score (nSPS) is 12.1. The maximum absolute atomic E-state index is 13.4. The number of ether oxygens (including phenoxy) is 1. The number of amides is 1. The first kappa shape index (κ1) is 23.1. The molecule has 0 fully saturated rings. The lowest BCUT2D eigenvalue weighted by molar-refractivity contribution is -0.122. The molecule has 0 bridgehead atoms. The van der Waals surface area contributed by atoms with Crippen molar-refractivity contribution in [3.63, 3.8) is 0 Å². The first-order valence-electron chi connectivity index (χ1n) is 10.9. The number of aromatic nitrogens is 5. The van der Waals surface area contributed by atoms with Gasteiger partial charge in [0.1, 0.15) is 6.54 Å². The number of nitrogens with one attached hydrogen (secondary N) is 1. The van der Waals surface area contributed by atoms with Crippen molar-refractivity contribution in [3.05, 3.63) is 93.2 Å². The number of fused-ring (bicyclic) bond motifs is 1. The van der Waals surface area contributed by atoms with Crippen molar-refractivity contribution in [2.75, 3.05) is 13.7 Å². The molecule has 0 spiro atoms. The molecule has 34 heavy (non-hydrogen) atoms. The highest BCUT2D eigenvalue weighted by molar-refractivity contribution is 5.77. The van der Waals surface area contributed by atoms with Gasteiger partial charge in [0.25, 0.3) is 5.56 Å². The standard InChI is InChI=1S/C24H26N6O4/c1-17(19-10-6-7-11-25-19)27-20(31)15-30-23(32)21-22(26-16-28(21)12-13-34-2)29(24(30)33)14-18-8-4-3-5-9-18/h3-11,16-17H,12-15H2,1-2H3,(H,27,31). The van der Waals surface area contributed by atoms with Gasteiger partial charge in [-0.3, -0.25) is 19.1 Å². The van der Waals surface area contributed by atoms with E-state index in [1.165, 1.54) is 10.9 Å². The Morgan fingerprint density at radius 2 is 1.82 bits per heavy atom. The third kappa shape index (κ3) is 4.81. The predicted molar refractivity (Wildman–Crippen MR) is 126 cm³/mol. The van der Waals surface area contributed by atoms with Crippen LogP contribution in [-0.2, 0) is 29.2 Å².